The van der Waals surface area contributed by atoms with Crippen molar-refractivity contribution in [2.75, 3.05) is 13.2 Å². The minimum Gasteiger partial charge on any atom is -0.394 e. The van der Waals surface area contributed by atoms with Gasteiger partial charge >= 0.3 is 0 Å². The van der Waals surface area contributed by atoms with Gasteiger partial charge in [0.1, 0.15) is 0 Å². The molecule has 0 radical (unpaired) electrons. The third-order valence-corrected chi connectivity index (χ3v) is 3.40. The van der Waals surface area contributed by atoms with Crippen molar-refractivity contribution in [3.8, 4) is 0 Å². The number of aliphatic hydroxyl groups excluding tert-OH is 1. The normalized spacial score (nSPS) is 25.9. The van der Waals surface area contributed by atoms with E-state index in [1.807, 2.05) is 0 Å². The van der Waals surface area contributed by atoms with E-state index in [0.29, 0.717) is 0 Å². The van der Waals surface area contributed by atoms with Crippen molar-refractivity contribution in [3.63, 3.8) is 0 Å². The topological polar surface area (TPSA) is 44.6 Å². The fourth-order valence-electron chi connectivity index (χ4n) is 2.21. The van der Waals surface area contributed by atoms with Gasteiger partial charge in [0.2, 0.25) is 0 Å². The van der Waals surface area contributed by atoms with Crippen molar-refractivity contribution in [2.24, 2.45) is 4.99 Å². The maximum absolute atomic E-state index is 9.32. The molecule has 1 aliphatic heterocycles. The minimum absolute atomic E-state index is 0.0107. The molecule has 3 nitrogen and oxygen atoms in total. The van der Waals surface area contributed by atoms with E-state index in [1.165, 1.54) is 25.7 Å². The molecular weight excluding hydrogens is 176 g/mol. The number of amidine groups is 1. The molecule has 1 saturated carbocycles. The number of aliphatic hydroxyl groups is 1. The zero-order valence-electron chi connectivity index (χ0n) is 8.76. The Labute approximate surface area is 85.6 Å². The van der Waals surface area contributed by atoms with E-state index in [9.17, 15) is 5.11 Å². The van der Waals surface area contributed by atoms with E-state index in [0.717, 1.165) is 31.6 Å². The molecule has 0 saturated heterocycles. The molecule has 1 aliphatic carbocycles. The van der Waals surface area contributed by atoms with Crippen LogP contribution in [0, 0.1) is 0 Å². The fraction of sp³-hybridized carbons (Fsp3) is 0.909. The number of nitrogens with one attached hydrogen (secondary N) is 1. The lowest BCUT2D eigenvalue weighted by Gasteiger charge is -2.42. The van der Waals surface area contributed by atoms with Crippen LogP contribution in [0.15, 0.2) is 4.99 Å². The van der Waals surface area contributed by atoms with Crippen LogP contribution in [0.4, 0.5) is 0 Å². The first-order valence-corrected chi connectivity index (χ1v) is 5.77. The van der Waals surface area contributed by atoms with Crippen LogP contribution in [0.25, 0.3) is 0 Å². The molecule has 3 heteroatoms. The highest BCUT2D eigenvalue weighted by Crippen LogP contribution is 2.31. The lowest BCUT2D eigenvalue weighted by atomic mass is 9.77. The molecular formula is C11H20N2O. The summed E-state index contributed by atoms with van der Waals surface area (Å²) in [5, 5.41) is 12.8. The van der Waals surface area contributed by atoms with Gasteiger partial charge in [0, 0.05) is 13.0 Å². The van der Waals surface area contributed by atoms with Gasteiger partial charge in [0.15, 0.2) is 0 Å². The Morgan fingerprint density at radius 1 is 1.21 bits per heavy atom. The Bertz CT molecular complexity index is 216. The second-order valence-electron chi connectivity index (χ2n) is 4.56. The summed E-state index contributed by atoms with van der Waals surface area (Å²) in [6, 6.07) is 0. The van der Waals surface area contributed by atoms with Crippen molar-refractivity contribution >= 4 is 5.84 Å². The summed E-state index contributed by atoms with van der Waals surface area (Å²) < 4.78 is 0. The second kappa shape index (κ2) is 4.30. The van der Waals surface area contributed by atoms with Gasteiger partial charge in [0.05, 0.1) is 18.0 Å². The summed E-state index contributed by atoms with van der Waals surface area (Å²) in [7, 11) is 0. The lowest BCUT2D eigenvalue weighted by molar-refractivity contribution is 0.107. The average Bonchev–Trinajstić information content (AvgIpc) is 2.39. The Morgan fingerprint density at radius 3 is 2.71 bits per heavy atom. The molecule has 0 amide bonds. The van der Waals surface area contributed by atoms with Crippen LogP contribution in [-0.2, 0) is 0 Å². The summed E-state index contributed by atoms with van der Waals surface area (Å²) >= 11 is 0. The lowest BCUT2D eigenvalue weighted by Crippen LogP contribution is -2.56. The van der Waals surface area contributed by atoms with Gasteiger partial charge in [-0.2, -0.15) is 0 Å². The third-order valence-electron chi connectivity index (χ3n) is 3.40. The first-order valence-electron chi connectivity index (χ1n) is 5.77. The quantitative estimate of drug-likeness (QED) is 0.702. The monoisotopic (exact) mass is 196 g/mol. The van der Waals surface area contributed by atoms with Crippen molar-refractivity contribution < 1.29 is 5.11 Å². The molecule has 0 atom stereocenters. The zero-order chi connectivity index (χ0) is 9.86. The third kappa shape index (κ3) is 2.08. The van der Waals surface area contributed by atoms with E-state index >= 15 is 0 Å². The molecule has 0 spiro atoms. The molecule has 0 unspecified atom stereocenters. The molecule has 0 bridgehead atoms. The van der Waals surface area contributed by atoms with Crippen LogP contribution in [0.5, 0.6) is 0 Å². The first kappa shape index (κ1) is 9.97. The molecule has 1 fully saturated rings. The molecule has 2 N–H and O–H groups in total. The molecule has 0 aromatic carbocycles. The number of rotatable bonds is 2. The number of hydrogen-bond donors (Lipinski definition) is 2. The van der Waals surface area contributed by atoms with Crippen LogP contribution in [0.1, 0.15) is 44.9 Å². The van der Waals surface area contributed by atoms with Gasteiger partial charge in [-0.3, -0.25) is 4.99 Å². The summed E-state index contributed by atoms with van der Waals surface area (Å²) in [5.74, 6) is 1.14. The maximum atomic E-state index is 9.32. The average molecular weight is 196 g/mol. The van der Waals surface area contributed by atoms with Gasteiger partial charge in [-0.05, 0) is 32.1 Å². The van der Waals surface area contributed by atoms with E-state index in [-0.39, 0.29) is 12.1 Å². The Morgan fingerprint density at radius 2 is 2.07 bits per heavy atom. The Kier molecular flexibility index (Phi) is 3.06. The number of nitrogens with zero attached hydrogens (tertiary/aromatic N) is 1. The van der Waals surface area contributed by atoms with Crippen molar-refractivity contribution in [2.45, 2.75) is 50.5 Å². The zero-order valence-corrected chi connectivity index (χ0v) is 8.76. The smallest absolute Gasteiger partial charge is 0.0968 e. The van der Waals surface area contributed by atoms with Gasteiger partial charge in [-0.25, -0.2) is 0 Å². The van der Waals surface area contributed by atoms with E-state index in [1.54, 1.807) is 0 Å². The van der Waals surface area contributed by atoms with Gasteiger partial charge in [-0.15, -0.1) is 0 Å². The molecule has 2 rings (SSSR count). The standard InChI is InChI=1S/C11H20N2O/c14-9-11(6-4-7-11)13-10-5-2-1-3-8-12-10/h14H,1-9H2,(H,12,13). The van der Waals surface area contributed by atoms with E-state index in [2.05, 4.69) is 10.3 Å². The highest BCUT2D eigenvalue weighted by atomic mass is 16.3. The number of hydrogen-bond acceptors (Lipinski definition) is 3. The van der Waals surface area contributed by atoms with E-state index in [4.69, 9.17) is 0 Å². The summed E-state index contributed by atoms with van der Waals surface area (Å²) in [4.78, 5) is 4.53. The van der Waals surface area contributed by atoms with Crippen molar-refractivity contribution in [1.29, 1.82) is 0 Å². The van der Waals surface area contributed by atoms with Gasteiger partial charge < -0.3 is 10.4 Å². The molecule has 80 valence electrons. The maximum Gasteiger partial charge on any atom is 0.0968 e. The molecule has 0 aromatic heterocycles. The molecule has 2 aliphatic rings. The second-order valence-corrected chi connectivity index (χ2v) is 4.56. The van der Waals surface area contributed by atoms with Crippen LogP contribution in [0.3, 0.4) is 0 Å². The first-order chi connectivity index (χ1) is 6.85. The SMILES string of the molecule is OCC1(NC2=NCCCCC2)CCC1. The van der Waals surface area contributed by atoms with Gasteiger partial charge in [-0.1, -0.05) is 6.42 Å². The van der Waals surface area contributed by atoms with Crippen LogP contribution in [0.2, 0.25) is 0 Å². The summed E-state index contributed by atoms with van der Waals surface area (Å²) in [5.41, 5.74) is -0.0107. The Balaban J connectivity index is 1.91. The van der Waals surface area contributed by atoms with Crippen LogP contribution >= 0.6 is 0 Å². The minimum atomic E-state index is -0.0107. The highest BCUT2D eigenvalue weighted by molar-refractivity contribution is 5.83. The molecule has 1 heterocycles. The van der Waals surface area contributed by atoms with Crippen LogP contribution in [-0.4, -0.2) is 29.6 Å². The summed E-state index contributed by atoms with van der Waals surface area (Å²) in [6.07, 6.45) is 8.26. The van der Waals surface area contributed by atoms with Crippen molar-refractivity contribution in [1.82, 2.24) is 5.32 Å². The van der Waals surface area contributed by atoms with E-state index < -0.39 is 0 Å². The molecule has 0 aromatic rings. The van der Waals surface area contributed by atoms with Crippen LogP contribution < -0.4 is 5.32 Å². The Hall–Kier alpha value is -0.570. The molecule has 14 heavy (non-hydrogen) atoms. The van der Waals surface area contributed by atoms with Crippen molar-refractivity contribution in [3.05, 3.63) is 0 Å². The number of aliphatic imine (C=N–C) groups is 1. The predicted molar refractivity (Wildman–Crippen MR) is 57.6 cm³/mol. The summed E-state index contributed by atoms with van der Waals surface area (Å²) in [6.45, 7) is 1.22. The predicted octanol–water partition coefficient (Wildman–Crippen LogP) is 1.46. The highest BCUT2D eigenvalue weighted by Gasteiger charge is 2.36. The fourth-order valence-corrected chi connectivity index (χ4v) is 2.21. The largest absolute Gasteiger partial charge is 0.394 e. The van der Waals surface area contributed by atoms with Gasteiger partial charge in [0.25, 0.3) is 0 Å².